The average Bonchev–Trinajstić information content (AvgIpc) is 0.784. The second-order valence-electron chi connectivity index (χ2n) is 23.3. The number of esters is 1. The standard InChI is InChI=1S/C66H62N8O21/c1-25-41(78)17-31-19-43(25)94-44-18-29(8-15-40(44)77)49(68)60(83)73-54-57(81)27-4-10-34(11-5-27)92-45-20-32-21-46(58(45)82)93-35-12-6-28(7-13-35)59(95-47-24-38(67)56(80)26(2)91-47)55-65(88)72-53(66(89)90-3)37-22-33(75)23-42(79)48(37)36-16-30(9-14-39(36)76)50(61(84)74-55)69-63(86)52(32)70-62(85)51(31)71-64(54)87/h4-23,26,38,47,49-57,59,75-82H,24,67-68H2,1-3H3,(H,69,86)(H,70,85)(H,71,87)(H,72,88)(H,73,83)(H,74,84)/t26-,38-,47-,49-,50?,51+,52-,53+,54-,55?,56+,57-,59-/m1/s1. The van der Waals surface area contributed by atoms with E-state index >= 15 is 24.0 Å². The summed E-state index contributed by atoms with van der Waals surface area (Å²) in [5.74, 6) is -13.8. The molecule has 2 unspecified atom stereocenters. The number of hydrogen-bond acceptors (Lipinski definition) is 23. The second-order valence-corrected chi connectivity index (χ2v) is 23.3. The summed E-state index contributed by atoms with van der Waals surface area (Å²) < 4.78 is 36.6. The molecular formula is C66H62N8O21. The number of carbonyl (C=O) groups excluding carboxylic acids is 7. The van der Waals surface area contributed by atoms with Crippen molar-refractivity contribution in [2.45, 2.75) is 99.3 Å². The van der Waals surface area contributed by atoms with Crippen molar-refractivity contribution in [2.75, 3.05) is 7.11 Å². The van der Waals surface area contributed by atoms with Gasteiger partial charge in [0, 0.05) is 40.8 Å². The normalized spacial score (nSPS) is 25.8. The van der Waals surface area contributed by atoms with E-state index in [1.807, 2.05) is 0 Å². The first kappa shape index (κ1) is 63.9. The number of benzene rings is 7. The van der Waals surface area contributed by atoms with Gasteiger partial charge in [0.15, 0.2) is 35.3 Å². The number of methoxy groups -OCH3 is 1. The van der Waals surface area contributed by atoms with E-state index < -0.39 is 172 Å². The van der Waals surface area contributed by atoms with Gasteiger partial charge >= 0.3 is 5.97 Å². The molecule has 492 valence electrons. The van der Waals surface area contributed by atoms with Crippen LogP contribution in [0, 0.1) is 6.92 Å². The number of amides is 6. The summed E-state index contributed by atoms with van der Waals surface area (Å²) in [6, 6.07) is 9.44. The van der Waals surface area contributed by atoms with Crippen molar-refractivity contribution < 1.29 is 103 Å². The summed E-state index contributed by atoms with van der Waals surface area (Å²) >= 11 is 0. The van der Waals surface area contributed by atoms with Crippen molar-refractivity contribution in [1.82, 2.24) is 31.9 Å². The van der Waals surface area contributed by atoms with Crippen LogP contribution in [0.5, 0.6) is 69.0 Å². The van der Waals surface area contributed by atoms with Gasteiger partial charge in [-0.25, -0.2) is 4.79 Å². The number of phenolic OH excluding ortho intramolecular Hbond substituents is 6. The van der Waals surface area contributed by atoms with Gasteiger partial charge in [0.25, 0.3) is 0 Å². The maximum absolute atomic E-state index is 16.0. The third-order valence-corrected chi connectivity index (χ3v) is 17.1. The van der Waals surface area contributed by atoms with Crippen LogP contribution < -0.4 is 57.6 Å². The number of ether oxygens (including phenoxy) is 6. The minimum Gasteiger partial charge on any atom is -0.508 e. The highest BCUT2D eigenvalue weighted by atomic mass is 16.7. The van der Waals surface area contributed by atoms with Crippen molar-refractivity contribution in [1.29, 1.82) is 0 Å². The lowest BCUT2D eigenvalue weighted by molar-refractivity contribution is -0.243. The molecule has 0 radical (unpaired) electrons. The highest BCUT2D eigenvalue weighted by Crippen LogP contribution is 2.48. The van der Waals surface area contributed by atoms with Gasteiger partial charge in [-0.15, -0.1) is 0 Å². The Labute approximate surface area is 538 Å². The first-order valence-corrected chi connectivity index (χ1v) is 29.6. The van der Waals surface area contributed by atoms with Gasteiger partial charge in [-0.3, -0.25) is 28.8 Å². The van der Waals surface area contributed by atoms with Crippen LogP contribution in [0.15, 0.2) is 121 Å². The lowest BCUT2D eigenvalue weighted by Gasteiger charge is -2.39. The predicted octanol–water partition coefficient (Wildman–Crippen LogP) is 3.41. The lowest BCUT2D eigenvalue weighted by atomic mass is 9.89. The van der Waals surface area contributed by atoms with Gasteiger partial charge in [0.05, 0.1) is 19.3 Å². The summed E-state index contributed by atoms with van der Waals surface area (Å²) in [7, 11) is 0.985. The van der Waals surface area contributed by atoms with Gasteiger partial charge in [-0.1, -0.05) is 36.4 Å². The van der Waals surface area contributed by atoms with E-state index in [1.165, 1.54) is 92.7 Å². The van der Waals surface area contributed by atoms with Gasteiger partial charge < -0.3 is 113 Å². The van der Waals surface area contributed by atoms with Crippen LogP contribution in [0.3, 0.4) is 0 Å². The zero-order chi connectivity index (χ0) is 67.6. The molecule has 0 aliphatic carbocycles. The van der Waals surface area contributed by atoms with Crippen molar-refractivity contribution in [3.63, 3.8) is 0 Å². The largest absolute Gasteiger partial charge is 0.508 e. The Hall–Kier alpha value is -11.2. The fourth-order valence-electron chi connectivity index (χ4n) is 11.9. The fraction of sp³-hybridized carbons (Fsp3) is 0.258. The number of nitrogens with two attached hydrogens (primary N) is 2. The Bertz CT molecular complexity index is 4270. The number of aliphatic hydroxyl groups is 2. The molecule has 7 heterocycles. The van der Waals surface area contributed by atoms with E-state index in [0.29, 0.717) is 0 Å². The third kappa shape index (κ3) is 12.4. The third-order valence-electron chi connectivity index (χ3n) is 17.1. The number of aromatic hydroxyl groups is 6. The quantitative estimate of drug-likeness (QED) is 0.113. The molecule has 14 rings (SSSR count). The minimum atomic E-state index is -2.17. The van der Waals surface area contributed by atoms with Crippen molar-refractivity contribution in [2.24, 2.45) is 11.5 Å². The Kier molecular flexibility index (Phi) is 17.1. The zero-order valence-electron chi connectivity index (χ0n) is 50.3. The molecule has 0 aromatic heterocycles. The molecule has 1 fully saturated rings. The average molecular weight is 1300 g/mol. The zero-order valence-corrected chi connectivity index (χ0v) is 50.3. The first-order valence-electron chi connectivity index (χ1n) is 29.6. The molecule has 18 N–H and O–H groups in total. The molecule has 13 atom stereocenters. The molecule has 7 aliphatic rings. The topological polar surface area (TPSA) is 461 Å². The first-order chi connectivity index (χ1) is 45.3. The van der Waals surface area contributed by atoms with Crippen molar-refractivity contribution in [3.8, 4) is 80.1 Å². The summed E-state index contributed by atoms with van der Waals surface area (Å²) in [4.78, 5) is 106. The lowest BCUT2D eigenvalue weighted by Crippen LogP contribution is -2.57. The fourth-order valence-corrected chi connectivity index (χ4v) is 11.9. The minimum absolute atomic E-state index is 0.00324. The number of rotatable bonds is 3. The van der Waals surface area contributed by atoms with E-state index in [-0.39, 0.29) is 79.5 Å². The van der Waals surface area contributed by atoms with E-state index in [2.05, 4.69) is 31.9 Å². The molecule has 6 amide bonds. The van der Waals surface area contributed by atoms with Crippen LogP contribution in [0.4, 0.5) is 0 Å². The highest BCUT2D eigenvalue weighted by molar-refractivity contribution is 6.00. The molecule has 7 aromatic rings. The van der Waals surface area contributed by atoms with E-state index in [9.17, 15) is 50.4 Å². The molecule has 7 aromatic carbocycles. The molecule has 0 saturated carbocycles. The summed E-state index contributed by atoms with van der Waals surface area (Å²) in [6.07, 6.45) is -7.32. The van der Waals surface area contributed by atoms with Crippen molar-refractivity contribution in [3.05, 3.63) is 166 Å². The van der Waals surface area contributed by atoms with Crippen LogP contribution in [-0.4, -0.2) is 126 Å². The SMILES string of the molecule is COC(=O)[C@H]1NC(=O)C2NC(=O)C(NC(=O)[C@@H]3NC(=O)[C@H]4NC(=O)[C@H](NC(=O)[C@H](N)c5ccc(O)c(c5)Oc5cc4cc(O)c5C)[C@H](O)c4ccc(cc4)Oc4cc3cc(c4O)Oc3ccc(cc3)[C@H]2O[C@@H]2C[C@@H](N)[C@@H](O)[C@@H](C)O2)c2ccc(O)c(c2)-c2c(O)cc(O)cc21. The number of phenols is 6. The Morgan fingerprint density at radius 3 is 1.71 bits per heavy atom. The van der Waals surface area contributed by atoms with Crippen molar-refractivity contribution >= 4 is 41.4 Å². The monoisotopic (exact) mass is 1300 g/mol. The van der Waals surface area contributed by atoms with Gasteiger partial charge in [0.1, 0.15) is 88.7 Å². The number of hydrogen-bond donors (Lipinski definition) is 16. The van der Waals surface area contributed by atoms with E-state index in [1.54, 1.807) is 0 Å². The number of nitrogens with one attached hydrogen (secondary N) is 6. The number of fused-ring (bicyclic) bond motifs is 14. The maximum atomic E-state index is 16.0. The van der Waals surface area contributed by atoms with Gasteiger partial charge in [-0.2, -0.15) is 0 Å². The van der Waals surface area contributed by atoms with E-state index in [0.717, 1.165) is 49.6 Å². The van der Waals surface area contributed by atoms with Crippen LogP contribution >= 0.6 is 0 Å². The summed E-state index contributed by atoms with van der Waals surface area (Å²) in [5.41, 5.74) is 11.1. The molecule has 29 nitrogen and oxygen atoms in total. The van der Waals surface area contributed by atoms with Crippen LogP contribution in [0.1, 0.15) is 100 Å². The summed E-state index contributed by atoms with van der Waals surface area (Å²) in [5, 5.41) is 108. The van der Waals surface area contributed by atoms with Crippen LogP contribution in [0.2, 0.25) is 0 Å². The Balaban J connectivity index is 1.08. The molecule has 7 aliphatic heterocycles. The Morgan fingerprint density at radius 1 is 0.526 bits per heavy atom. The maximum Gasteiger partial charge on any atom is 0.333 e. The highest BCUT2D eigenvalue weighted by Gasteiger charge is 2.45. The molecular weight excluding hydrogens is 1240 g/mol. The molecule has 29 heteroatoms. The predicted molar refractivity (Wildman–Crippen MR) is 327 cm³/mol. The number of carbonyl (C=O) groups is 7. The van der Waals surface area contributed by atoms with Crippen LogP contribution in [-0.2, 0) is 47.8 Å². The van der Waals surface area contributed by atoms with Crippen LogP contribution in [0.25, 0.3) is 11.1 Å². The smallest absolute Gasteiger partial charge is 0.333 e. The van der Waals surface area contributed by atoms with Gasteiger partial charge in [0.2, 0.25) is 41.2 Å². The molecule has 0 spiro atoms. The molecule has 95 heavy (non-hydrogen) atoms. The second kappa shape index (κ2) is 25.4. The molecule has 1 saturated heterocycles. The van der Waals surface area contributed by atoms with Gasteiger partial charge in [-0.05, 0) is 126 Å². The number of aliphatic hydroxyl groups excluding tert-OH is 2. The summed E-state index contributed by atoms with van der Waals surface area (Å²) in [6.45, 7) is 2.94. The van der Waals surface area contributed by atoms with E-state index in [4.69, 9.17) is 39.9 Å². The molecule has 17 bridgehead atoms. The Morgan fingerprint density at radius 2 is 1.06 bits per heavy atom.